The Kier molecular flexibility index (Phi) is 5.17. The van der Waals surface area contributed by atoms with Gasteiger partial charge in [-0.3, -0.25) is 0 Å². The number of rotatable bonds is 3. The summed E-state index contributed by atoms with van der Waals surface area (Å²) < 4.78 is 65.2. The molecule has 122 valence electrons. The first kappa shape index (κ1) is 18.8. The molecule has 0 amide bonds. The molecule has 1 aromatic rings. The van der Waals surface area contributed by atoms with E-state index < -0.39 is 18.6 Å². The van der Waals surface area contributed by atoms with E-state index in [1.54, 1.807) is 0 Å². The van der Waals surface area contributed by atoms with Crippen LogP contribution in [0.4, 0.5) is 22.0 Å². The third kappa shape index (κ3) is 4.16. The molecule has 2 nitrogen and oxygen atoms in total. The Morgan fingerprint density at radius 3 is 1.62 bits per heavy atom. The molecule has 1 heterocycles. The number of thiol groups is 2. The average molecular weight is 366 g/mol. The van der Waals surface area contributed by atoms with Gasteiger partial charge in [-0.05, 0) is 17.6 Å². The molecule has 0 atom stereocenters. The Labute approximate surface area is 135 Å². The van der Waals surface area contributed by atoms with Crippen LogP contribution in [-0.4, -0.2) is 21.2 Å². The summed E-state index contributed by atoms with van der Waals surface area (Å²) in [6, 6.07) is 0. The van der Waals surface area contributed by atoms with Crippen molar-refractivity contribution in [2.45, 2.75) is 56.0 Å². The van der Waals surface area contributed by atoms with Crippen LogP contribution in [0.5, 0.6) is 0 Å². The first-order chi connectivity index (χ1) is 9.17. The van der Waals surface area contributed by atoms with Gasteiger partial charge in [0.05, 0.1) is 6.54 Å². The van der Waals surface area contributed by atoms with Gasteiger partial charge in [0.15, 0.2) is 4.77 Å². The summed E-state index contributed by atoms with van der Waals surface area (Å²) in [5.74, 6) is -4.89. The second-order valence-electron chi connectivity index (χ2n) is 5.86. The van der Waals surface area contributed by atoms with E-state index in [9.17, 15) is 22.0 Å². The van der Waals surface area contributed by atoms with Crippen LogP contribution in [0.1, 0.15) is 20.8 Å². The topological polar surface area (TPSA) is 9.86 Å². The molecule has 21 heavy (non-hydrogen) atoms. The maximum absolute atomic E-state index is 13.2. The molecule has 0 saturated carbocycles. The van der Waals surface area contributed by atoms with Gasteiger partial charge in [-0.1, -0.05) is 20.8 Å². The highest BCUT2D eigenvalue weighted by molar-refractivity contribution is 7.83. The predicted octanol–water partition coefficient (Wildman–Crippen LogP) is 4.84. The number of aromatic nitrogens is 2. The van der Waals surface area contributed by atoms with Crippen molar-refractivity contribution in [3.05, 3.63) is 4.77 Å². The molecule has 0 unspecified atom stereocenters. The largest absolute Gasteiger partial charge is 0.455 e. The molecule has 10 heteroatoms. The third-order valence-electron chi connectivity index (χ3n) is 2.58. The van der Waals surface area contributed by atoms with Crippen molar-refractivity contribution in [3.63, 3.8) is 0 Å². The molecule has 0 fully saturated rings. The van der Waals surface area contributed by atoms with E-state index >= 15 is 0 Å². The fourth-order valence-electron chi connectivity index (χ4n) is 1.62. The minimum Gasteiger partial charge on any atom is -0.311 e. The van der Waals surface area contributed by atoms with E-state index in [1.165, 1.54) is 4.57 Å². The second-order valence-corrected chi connectivity index (χ2v) is 7.08. The smallest absolute Gasteiger partial charge is 0.311 e. The van der Waals surface area contributed by atoms with Crippen molar-refractivity contribution in [2.75, 3.05) is 0 Å². The summed E-state index contributed by atoms with van der Waals surface area (Å²) in [5, 5.41) is 0.0488. The van der Waals surface area contributed by atoms with Crippen molar-refractivity contribution < 1.29 is 22.0 Å². The normalized spacial score (nSPS) is 13.8. The lowest BCUT2D eigenvalue weighted by atomic mass is 9.97. The van der Waals surface area contributed by atoms with Gasteiger partial charge in [0.1, 0.15) is 10.1 Å². The van der Waals surface area contributed by atoms with Gasteiger partial charge in [-0.2, -0.15) is 22.0 Å². The summed E-state index contributed by atoms with van der Waals surface area (Å²) in [6.45, 7) is 4.34. The maximum atomic E-state index is 13.2. The van der Waals surface area contributed by atoms with Crippen molar-refractivity contribution >= 4 is 37.5 Å². The molecular formula is C11H15F5N2S3. The highest BCUT2D eigenvalue weighted by Crippen LogP contribution is 2.38. The van der Waals surface area contributed by atoms with E-state index in [1.807, 2.05) is 20.8 Å². The van der Waals surface area contributed by atoms with E-state index in [-0.39, 0.29) is 20.2 Å². The molecule has 0 aromatic carbocycles. The zero-order valence-electron chi connectivity index (χ0n) is 11.5. The minimum absolute atomic E-state index is 0.114. The SMILES string of the molecule is CC(C)(C)Cn1c(S)c(S)n(CC(F)(F)C(F)(F)F)c1=S. The third-order valence-corrected chi connectivity index (χ3v) is 4.10. The van der Waals surface area contributed by atoms with Crippen LogP contribution < -0.4 is 0 Å². The van der Waals surface area contributed by atoms with Crippen LogP contribution in [0.3, 0.4) is 0 Å². The number of hydrogen-bond acceptors (Lipinski definition) is 3. The molecule has 0 aliphatic heterocycles. The predicted molar refractivity (Wildman–Crippen MR) is 78.2 cm³/mol. The summed E-state index contributed by atoms with van der Waals surface area (Å²) in [7, 11) is 0. The Morgan fingerprint density at radius 1 is 0.905 bits per heavy atom. The summed E-state index contributed by atoms with van der Waals surface area (Å²) in [5.41, 5.74) is -0.255. The fraction of sp³-hybridized carbons (Fsp3) is 0.727. The van der Waals surface area contributed by atoms with Crippen LogP contribution in [0.25, 0.3) is 0 Å². The monoisotopic (exact) mass is 366 g/mol. The first-order valence-corrected chi connectivity index (χ1v) is 7.13. The number of halogens is 5. The molecule has 0 aliphatic rings. The van der Waals surface area contributed by atoms with E-state index in [0.717, 1.165) is 0 Å². The lowest BCUT2D eigenvalue weighted by Gasteiger charge is -2.21. The Bertz CT molecular complexity index is 580. The number of imidazole rings is 1. The van der Waals surface area contributed by atoms with Crippen LogP contribution in [0.15, 0.2) is 10.1 Å². The Morgan fingerprint density at radius 2 is 1.29 bits per heavy atom. The Balaban J connectivity index is 3.29. The van der Waals surface area contributed by atoms with Crippen LogP contribution in [0.2, 0.25) is 0 Å². The molecule has 0 aliphatic carbocycles. The first-order valence-electron chi connectivity index (χ1n) is 5.83. The maximum Gasteiger partial charge on any atom is 0.455 e. The summed E-state index contributed by atoms with van der Waals surface area (Å²) in [4.78, 5) is 0. The number of nitrogens with zero attached hydrogens (tertiary/aromatic N) is 2. The molecule has 0 spiro atoms. The van der Waals surface area contributed by atoms with Gasteiger partial charge in [0.25, 0.3) is 0 Å². The van der Waals surface area contributed by atoms with Crippen LogP contribution in [-0.2, 0) is 13.1 Å². The minimum atomic E-state index is -5.65. The molecule has 0 saturated heterocycles. The van der Waals surface area contributed by atoms with E-state index in [4.69, 9.17) is 12.2 Å². The summed E-state index contributed by atoms with van der Waals surface area (Å²) >= 11 is 13.1. The molecular weight excluding hydrogens is 351 g/mol. The van der Waals surface area contributed by atoms with Crippen LogP contribution in [0, 0.1) is 10.2 Å². The molecule has 1 aromatic heterocycles. The number of alkyl halides is 5. The van der Waals surface area contributed by atoms with Gasteiger partial charge in [-0.15, -0.1) is 25.3 Å². The van der Waals surface area contributed by atoms with Crippen molar-refractivity contribution in [1.29, 1.82) is 0 Å². The molecule has 0 N–H and O–H groups in total. The molecule has 0 bridgehead atoms. The highest BCUT2D eigenvalue weighted by Gasteiger charge is 2.57. The zero-order valence-corrected chi connectivity index (χ0v) is 14.1. The quantitative estimate of drug-likeness (QED) is 0.442. The average Bonchev–Trinajstić information content (AvgIpc) is 2.43. The standard InChI is InChI=1S/C11H15F5N2S3/c1-9(2,3)4-17-6(19)7(20)18(8(17)21)5-10(12,13)11(14,15)16/h19-20H,4-5H2,1-3H3. The lowest BCUT2D eigenvalue weighted by Crippen LogP contribution is -2.40. The van der Waals surface area contributed by atoms with Crippen molar-refractivity contribution in [1.82, 2.24) is 9.13 Å². The second kappa shape index (κ2) is 5.77. The lowest BCUT2D eigenvalue weighted by molar-refractivity contribution is -0.287. The van der Waals surface area contributed by atoms with Gasteiger partial charge in [0.2, 0.25) is 0 Å². The van der Waals surface area contributed by atoms with Crippen molar-refractivity contribution in [3.8, 4) is 0 Å². The summed E-state index contributed by atoms with van der Waals surface area (Å²) in [6.07, 6.45) is -5.65. The van der Waals surface area contributed by atoms with E-state index in [0.29, 0.717) is 11.1 Å². The molecule has 0 radical (unpaired) electrons. The van der Waals surface area contributed by atoms with Gasteiger partial charge in [0, 0.05) is 6.54 Å². The van der Waals surface area contributed by atoms with Crippen molar-refractivity contribution in [2.24, 2.45) is 5.41 Å². The van der Waals surface area contributed by atoms with E-state index in [2.05, 4.69) is 25.3 Å². The van der Waals surface area contributed by atoms with Crippen LogP contribution >= 0.6 is 37.5 Å². The zero-order chi connectivity index (χ0) is 16.8. The van der Waals surface area contributed by atoms with Gasteiger partial charge >= 0.3 is 12.1 Å². The Hall–Kier alpha value is -0.220. The fourth-order valence-corrected chi connectivity index (χ4v) is 2.64. The van der Waals surface area contributed by atoms with Gasteiger partial charge < -0.3 is 9.13 Å². The van der Waals surface area contributed by atoms with Gasteiger partial charge in [-0.25, -0.2) is 0 Å². The number of hydrogen-bond donors (Lipinski definition) is 2. The molecule has 1 rings (SSSR count). The highest BCUT2D eigenvalue weighted by atomic mass is 32.1.